The summed E-state index contributed by atoms with van der Waals surface area (Å²) in [6, 6.07) is 8.34. The number of fused-ring (bicyclic) bond motifs is 1. The Morgan fingerprint density at radius 2 is 2.25 bits per heavy atom. The summed E-state index contributed by atoms with van der Waals surface area (Å²) in [5.41, 5.74) is 3.43. The van der Waals surface area contributed by atoms with Crippen molar-refractivity contribution in [2.75, 3.05) is 11.9 Å². The molecule has 4 nitrogen and oxygen atoms in total. The average Bonchev–Trinajstić information content (AvgIpc) is 2.94. The Balaban J connectivity index is 1.75. The van der Waals surface area contributed by atoms with Gasteiger partial charge in [-0.25, -0.2) is 0 Å². The van der Waals surface area contributed by atoms with Crippen LogP contribution in [0.25, 0.3) is 6.08 Å². The zero-order valence-electron chi connectivity index (χ0n) is 11.8. The Bertz CT molecular complexity index is 630. The lowest BCUT2D eigenvalue weighted by molar-refractivity contribution is 0.341. The molecule has 1 aliphatic heterocycles. The van der Waals surface area contributed by atoms with Crippen LogP contribution in [0.3, 0.4) is 0 Å². The standard InChI is InChI=1S/C16H19N3O/c1-3-19-10-15(9-17-19)18-12(2)14-8-13-6-4-5-7-16(13)20-11-14/h4-10,12,18H,3,11H2,1-2H3/t12-/m0/s1. The highest BCUT2D eigenvalue weighted by Crippen LogP contribution is 2.27. The van der Waals surface area contributed by atoms with Crippen molar-refractivity contribution in [1.82, 2.24) is 9.78 Å². The third-order valence-electron chi connectivity index (χ3n) is 3.55. The van der Waals surface area contributed by atoms with E-state index in [1.54, 1.807) is 0 Å². The molecule has 2 aromatic rings. The average molecular weight is 269 g/mol. The van der Waals surface area contributed by atoms with Gasteiger partial charge in [-0.1, -0.05) is 18.2 Å². The molecule has 20 heavy (non-hydrogen) atoms. The Kier molecular flexibility index (Phi) is 3.46. The molecule has 0 fully saturated rings. The second kappa shape index (κ2) is 5.41. The van der Waals surface area contributed by atoms with Gasteiger partial charge in [0, 0.05) is 24.3 Å². The minimum absolute atomic E-state index is 0.220. The molecule has 2 heterocycles. The van der Waals surface area contributed by atoms with Crippen LogP contribution in [0, 0.1) is 0 Å². The fourth-order valence-corrected chi connectivity index (χ4v) is 2.34. The van der Waals surface area contributed by atoms with Crippen molar-refractivity contribution >= 4 is 11.8 Å². The molecular weight excluding hydrogens is 250 g/mol. The maximum Gasteiger partial charge on any atom is 0.127 e. The quantitative estimate of drug-likeness (QED) is 0.926. The van der Waals surface area contributed by atoms with Crippen molar-refractivity contribution in [3.63, 3.8) is 0 Å². The van der Waals surface area contributed by atoms with Crippen LogP contribution in [-0.2, 0) is 6.54 Å². The highest BCUT2D eigenvalue weighted by Gasteiger charge is 2.16. The van der Waals surface area contributed by atoms with Crippen LogP contribution in [0.1, 0.15) is 19.4 Å². The Hall–Kier alpha value is -2.23. The van der Waals surface area contributed by atoms with Crippen LogP contribution >= 0.6 is 0 Å². The molecule has 0 bridgehead atoms. The Labute approximate surface area is 119 Å². The van der Waals surface area contributed by atoms with Crippen LogP contribution in [0.4, 0.5) is 5.69 Å². The summed E-state index contributed by atoms with van der Waals surface area (Å²) in [4.78, 5) is 0. The number of rotatable bonds is 4. The molecule has 1 N–H and O–H groups in total. The normalized spacial score (nSPS) is 15.0. The molecule has 0 saturated carbocycles. The van der Waals surface area contributed by atoms with Gasteiger partial charge < -0.3 is 10.1 Å². The van der Waals surface area contributed by atoms with E-state index in [0.717, 1.165) is 23.5 Å². The fraction of sp³-hybridized carbons (Fsp3) is 0.312. The minimum Gasteiger partial charge on any atom is -0.489 e. The van der Waals surface area contributed by atoms with Gasteiger partial charge in [0.2, 0.25) is 0 Å². The Morgan fingerprint density at radius 3 is 3.05 bits per heavy atom. The zero-order valence-corrected chi connectivity index (χ0v) is 11.8. The van der Waals surface area contributed by atoms with Crippen molar-refractivity contribution in [2.45, 2.75) is 26.4 Å². The molecule has 0 unspecified atom stereocenters. The second-order valence-electron chi connectivity index (χ2n) is 5.00. The number of benzene rings is 1. The van der Waals surface area contributed by atoms with E-state index in [0.29, 0.717) is 6.61 Å². The first kappa shape index (κ1) is 12.8. The molecule has 0 saturated heterocycles. The number of hydrogen-bond acceptors (Lipinski definition) is 3. The monoisotopic (exact) mass is 269 g/mol. The number of nitrogens with one attached hydrogen (secondary N) is 1. The van der Waals surface area contributed by atoms with Crippen molar-refractivity contribution in [3.05, 3.63) is 47.8 Å². The summed E-state index contributed by atoms with van der Waals surface area (Å²) in [5.74, 6) is 0.960. The number of para-hydroxylation sites is 1. The summed E-state index contributed by atoms with van der Waals surface area (Å²) in [6.45, 7) is 5.74. The van der Waals surface area contributed by atoms with Gasteiger partial charge in [0.25, 0.3) is 0 Å². The first-order valence-electron chi connectivity index (χ1n) is 6.97. The largest absolute Gasteiger partial charge is 0.489 e. The predicted molar refractivity (Wildman–Crippen MR) is 80.9 cm³/mol. The van der Waals surface area contributed by atoms with Crippen molar-refractivity contribution in [3.8, 4) is 5.75 Å². The lowest BCUT2D eigenvalue weighted by Gasteiger charge is -2.23. The van der Waals surface area contributed by atoms with Gasteiger partial charge in [-0.05, 0) is 31.6 Å². The van der Waals surface area contributed by atoms with Crippen molar-refractivity contribution < 1.29 is 4.74 Å². The molecule has 1 atom stereocenters. The topological polar surface area (TPSA) is 39.1 Å². The summed E-state index contributed by atoms with van der Waals surface area (Å²) in [5, 5.41) is 7.74. The van der Waals surface area contributed by atoms with Crippen LogP contribution in [0.5, 0.6) is 5.75 Å². The zero-order chi connectivity index (χ0) is 13.9. The lowest BCUT2D eigenvalue weighted by atomic mass is 10.0. The molecule has 1 aromatic heterocycles. The van der Waals surface area contributed by atoms with Gasteiger partial charge in [0.1, 0.15) is 12.4 Å². The molecule has 0 aliphatic carbocycles. The fourth-order valence-electron chi connectivity index (χ4n) is 2.34. The van der Waals surface area contributed by atoms with Gasteiger partial charge in [0.15, 0.2) is 0 Å². The highest BCUT2D eigenvalue weighted by molar-refractivity contribution is 5.64. The third-order valence-corrected chi connectivity index (χ3v) is 3.55. The molecular formula is C16H19N3O. The lowest BCUT2D eigenvalue weighted by Crippen LogP contribution is -2.23. The van der Waals surface area contributed by atoms with Gasteiger partial charge in [0.05, 0.1) is 11.9 Å². The van der Waals surface area contributed by atoms with Crippen molar-refractivity contribution in [1.29, 1.82) is 0 Å². The second-order valence-corrected chi connectivity index (χ2v) is 5.00. The smallest absolute Gasteiger partial charge is 0.127 e. The maximum absolute atomic E-state index is 5.79. The molecule has 1 aromatic carbocycles. The van der Waals surface area contributed by atoms with E-state index in [9.17, 15) is 0 Å². The van der Waals surface area contributed by atoms with Gasteiger partial charge in [-0.15, -0.1) is 0 Å². The molecule has 0 amide bonds. The van der Waals surface area contributed by atoms with E-state index < -0.39 is 0 Å². The molecule has 1 aliphatic rings. The van der Waals surface area contributed by atoms with Gasteiger partial charge in [-0.3, -0.25) is 4.68 Å². The molecule has 0 spiro atoms. The van der Waals surface area contributed by atoms with Crippen molar-refractivity contribution in [2.24, 2.45) is 0 Å². The number of aromatic nitrogens is 2. The van der Waals surface area contributed by atoms with Crippen LogP contribution in [0.2, 0.25) is 0 Å². The SMILES string of the molecule is CCn1cc(N[C@@H](C)C2=Cc3ccccc3OC2)cn1. The first-order chi connectivity index (χ1) is 9.76. The number of nitrogens with zero attached hydrogens (tertiary/aromatic N) is 2. The number of hydrogen-bond donors (Lipinski definition) is 1. The van der Waals surface area contributed by atoms with E-state index in [1.807, 2.05) is 35.3 Å². The Morgan fingerprint density at radius 1 is 1.40 bits per heavy atom. The highest BCUT2D eigenvalue weighted by atomic mass is 16.5. The van der Waals surface area contributed by atoms with E-state index in [-0.39, 0.29) is 6.04 Å². The summed E-state index contributed by atoms with van der Waals surface area (Å²) in [6.07, 6.45) is 6.09. The summed E-state index contributed by atoms with van der Waals surface area (Å²) in [7, 11) is 0. The van der Waals surface area contributed by atoms with E-state index in [2.05, 4.69) is 36.4 Å². The first-order valence-corrected chi connectivity index (χ1v) is 6.97. The molecule has 4 heteroatoms. The van der Waals surface area contributed by atoms with Crippen LogP contribution in [-0.4, -0.2) is 22.4 Å². The van der Waals surface area contributed by atoms with E-state index in [4.69, 9.17) is 4.74 Å². The van der Waals surface area contributed by atoms with Gasteiger partial charge >= 0.3 is 0 Å². The third kappa shape index (κ3) is 2.54. The van der Waals surface area contributed by atoms with E-state index >= 15 is 0 Å². The molecule has 3 rings (SSSR count). The van der Waals surface area contributed by atoms with Crippen LogP contribution in [0.15, 0.2) is 42.2 Å². The molecule has 104 valence electrons. The summed E-state index contributed by atoms with van der Waals surface area (Å²) < 4.78 is 7.70. The predicted octanol–water partition coefficient (Wildman–Crippen LogP) is 3.18. The maximum atomic E-state index is 5.79. The van der Waals surface area contributed by atoms with Gasteiger partial charge in [-0.2, -0.15) is 5.10 Å². The summed E-state index contributed by atoms with van der Waals surface area (Å²) >= 11 is 0. The van der Waals surface area contributed by atoms with E-state index in [1.165, 1.54) is 5.57 Å². The number of ether oxygens (including phenoxy) is 1. The number of anilines is 1. The van der Waals surface area contributed by atoms with Crippen LogP contribution < -0.4 is 10.1 Å². The minimum atomic E-state index is 0.220. The number of aryl methyl sites for hydroxylation is 1. The molecule has 0 radical (unpaired) electrons.